The van der Waals surface area contributed by atoms with Crippen molar-refractivity contribution in [3.05, 3.63) is 11.3 Å². The number of rotatable bonds is 5. The third-order valence-electron chi connectivity index (χ3n) is 3.94. The van der Waals surface area contributed by atoms with Gasteiger partial charge in [0.05, 0.1) is 14.7 Å². The van der Waals surface area contributed by atoms with Gasteiger partial charge in [-0.15, -0.1) is 0 Å². The smallest absolute Gasteiger partial charge is 0.0916 e. The van der Waals surface area contributed by atoms with Crippen molar-refractivity contribution in [1.82, 2.24) is 0 Å². The highest BCUT2D eigenvalue weighted by Gasteiger charge is 2.44. The molecule has 0 heterocycles. The van der Waals surface area contributed by atoms with Crippen LogP contribution in [0.25, 0.3) is 0 Å². The van der Waals surface area contributed by atoms with Crippen LogP contribution in [0.15, 0.2) is 11.3 Å². The monoisotopic (exact) mass is 228 g/mol. The van der Waals surface area contributed by atoms with Crippen molar-refractivity contribution >= 4 is 8.07 Å². The van der Waals surface area contributed by atoms with Gasteiger partial charge < -0.3 is 5.11 Å². The summed E-state index contributed by atoms with van der Waals surface area (Å²) in [6.45, 7) is 16.3. The Hall–Kier alpha value is -0.0831. The van der Waals surface area contributed by atoms with Crippen molar-refractivity contribution in [3.8, 4) is 0 Å². The van der Waals surface area contributed by atoms with Crippen LogP contribution in [-0.4, -0.2) is 19.8 Å². The van der Waals surface area contributed by atoms with E-state index in [9.17, 15) is 5.11 Å². The Kier molecular flexibility index (Phi) is 5.82. The molecule has 90 valence electrons. The predicted molar refractivity (Wildman–Crippen MR) is 71.9 cm³/mol. The lowest BCUT2D eigenvalue weighted by molar-refractivity contribution is 0.335. The summed E-state index contributed by atoms with van der Waals surface area (Å²) in [4.78, 5) is 0. The first-order valence-corrected chi connectivity index (χ1v) is 8.35. The van der Waals surface area contributed by atoms with Gasteiger partial charge in [0.25, 0.3) is 0 Å². The first-order chi connectivity index (χ1) is 6.85. The lowest BCUT2D eigenvalue weighted by Gasteiger charge is -2.44. The van der Waals surface area contributed by atoms with Gasteiger partial charge >= 0.3 is 0 Å². The molecule has 0 aliphatic heterocycles. The molecule has 15 heavy (non-hydrogen) atoms. The van der Waals surface area contributed by atoms with Crippen LogP contribution in [0.2, 0.25) is 16.6 Å². The molecule has 0 fully saturated rings. The third-order valence-corrected chi connectivity index (χ3v) is 11.2. The van der Waals surface area contributed by atoms with Crippen molar-refractivity contribution in [3.63, 3.8) is 0 Å². The van der Waals surface area contributed by atoms with Crippen LogP contribution in [0.3, 0.4) is 0 Å². The minimum atomic E-state index is -1.55. The molecule has 0 rings (SSSR count). The molecule has 1 N–H and O–H groups in total. The van der Waals surface area contributed by atoms with Crippen LogP contribution in [0.4, 0.5) is 0 Å². The lowest BCUT2D eigenvalue weighted by atomic mass is 10.5. The van der Waals surface area contributed by atoms with Gasteiger partial charge in [0.2, 0.25) is 0 Å². The average molecular weight is 228 g/mol. The fraction of sp³-hybridized carbons (Fsp3) is 0.846. The maximum atomic E-state index is 9.57. The standard InChI is InChI=1S/C13H28OSi/c1-8-13(9-14)15(10(2)3,11(4)5)12(6)7/h8,10-12,14H,9H2,1-7H3/b13-8+. The van der Waals surface area contributed by atoms with Gasteiger partial charge in [0.15, 0.2) is 0 Å². The summed E-state index contributed by atoms with van der Waals surface area (Å²) in [6, 6.07) is 0. The minimum Gasteiger partial charge on any atom is -0.392 e. The second-order valence-electron chi connectivity index (χ2n) is 5.37. The van der Waals surface area contributed by atoms with E-state index in [4.69, 9.17) is 0 Å². The molecule has 0 atom stereocenters. The molecule has 1 nitrogen and oxygen atoms in total. The summed E-state index contributed by atoms with van der Waals surface area (Å²) in [5.41, 5.74) is 2.07. The summed E-state index contributed by atoms with van der Waals surface area (Å²) in [6.07, 6.45) is 2.16. The van der Waals surface area contributed by atoms with E-state index in [1.807, 2.05) is 0 Å². The molecule has 0 amide bonds. The SMILES string of the molecule is C/C=C(\CO)[Si](C(C)C)(C(C)C)C(C)C. The van der Waals surface area contributed by atoms with E-state index in [0.29, 0.717) is 16.6 Å². The zero-order chi connectivity index (χ0) is 12.2. The van der Waals surface area contributed by atoms with Crippen molar-refractivity contribution in [2.75, 3.05) is 6.61 Å². The van der Waals surface area contributed by atoms with Crippen LogP contribution in [0.5, 0.6) is 0 Å². The second-order valence-corrected chi connectivity index (χ2v) is 11.3. The molecule has 0 unspecified atom stereocenters. The molecule has 0 aliphatic rings. The molecule has 0 saturated heterocycles. The van der Waals surface area contributed by atoms with E-state index in [0.717, 1.165) is 0 Å². The Morgan fingerprint density at radius 1 is 1.00 bits per heavy atom. The van der Waals surface area contributed by atoms with Crippen LogP contribution in [0, 0.1) is 0 Å². The minimum absolute atomic E-state index is 0.247. The Morgan fingerprint density at radius 2 is 1.33 bits per heavy atom. The van der Waals surface area contributed by atoms with Crippen LogP contribution in [-0.2, 0) is 0 Å². The summed E-state index contributed by atoms with van der Waals surface area (Å²) < 4.78 is 0. The van der Waals surface area contributed by atoms with E-state index >= 15 is 0 Å². The summed E-state index contributed by atoms with van der Waals surface area (Å²) in [5, 5.41) is 10.9. The van der Waals surface area contributed by atoms with Gasteiger partial charge in [0.1, 0.15) is 0 Å². The highest BCUT2D eigenvalue weighted by atomic mass is 28.3. The van der Waals surface area contributed by atoms with Gasteiger partial charge in [-0.05, 0) is 23.5 Å². The molecule has 0 bridgehead atoms. The maximum Gasteiger partial charge on any atom is 0.0916 e. The highest BCUT2D eigenvalue weighted by molar-refractivity contribution is 6.89. The molecule has 0 aliphatic carbocycles. The van der Waals surface area contributed by atoms with Crippen molar-refractivity contribution < 1.29 is 5.11 Å². The number of hydrogen-bond donors (Lipinski definition) is 1. The summed E-state index contributed by atoms with van der Waals surface area (Å²) in [7, 11) is -1.55. The summed E-state index contributed by atoms with van der Waals surface area (Å²) >= 11 is 0. The van der Waals surface area contributed by atoms with Crippen LogP contribution >= 0.6 is 0 Å². The Morgan fingerprint density at radius 3 is 1.40 bits per heavy atom. The Bertz CT molecular complexity index is 195. The Labute approximate surface area is 96.6 Å². The van der Waals surface area contributed by atoms with Crippen molar-refractivity contribution in [2.24, 2.45) is 0 Å². The fourth-order valence-corrected chi connectivity index (χ4v) is 10.6. The molecular formula is C13H28OSi. The molecule has 2 heteroatoms. The fourth-order valence-electron chi connectivity index (χ4n) is 3.59. The lowest BCUT2D eigenvalue weighted by Crippen LogP contribution is -2.47. The van der Waals surface area contributed by atoms with E-state index in [1.54, 1.807) is 0 Å². The van der Waals surface area contributed by atoms with E-state index < -0.39 is 8.07 Å². The number of allylic oxidation sites excluding steroid dienone is 1. The van der Waals surface area contributed by atoms with Crippen molar-refractivity contribution in [2.45, 2.75) is 65.1 Å². The van der Waals surface area contributed by atoms with E-state index in [1.165, 1.54) is 5.20 Å². The summed E-state index contributed by atoms with van der Waals surface area (Å²) in [5.74, 6) is 0. The quantitative estimate of drug-likeness (QED) is 0.701. The normalized spacial score (nSPS) is 14.5. The van der Waals surface area contributed by atoms with Crippen molar-refractivity contribution in [1.29, 1.82) is 0 Å². The first-order valence-electron chi connectivity index (χ1n) is 6.12. The van der Waals surface area contributed by atoms with Crippen LogP contribution in [0.1, 0.15) is 48.5 Å². The predicted octanol–water partition coefficient (Wildman–Crippen LogP) is 4.14. The number of hydrogen-bond acceptors (Lipinski definition) is 1. The topological polar surface area (TPSA) is 20.2 Å². The molecule has 0 aromatic heterocycles. The molecule has 0 aromatic carbocycles. The third kappa shape index (κ3) is 2.54. The van der Waals surface area contributed by atoms with E-state index in [2.05, 4.69) is 54.5 Å². The first kappa shape index (κ1) is 14.9. The van der Waals surface area contributed by atoms with Gasteiger partial charge in [-0.3, -0.25) is 0 Å². The molecule has 0 radical (unpaired) electrons. The molecule has 0 spiro atoms. The van der Waals surface area contributed by atoms with E-state index in [-0.39, 0.29) is 6.61 Å². The maximum absolute atomic E-state index is 9.57. The Balaban J connectivity index is 5.52. The van der Waals surface area contributed by atoms with Gasteiger partial charge in [-0.2, -0.15) is 0 Å². The number of aliphatic hydroxyl groups is 1. The molecule has 0 saturated carbocycles. The van der Waals surface area contributed by atoms with Gasteiger partial charge in [-0.25, -0.2) is 0 Å². The van der Waals surface area contributed by atoms with Gasteiger partial charge in [0, 0.05) is 0 Å². The molecular weight excluding hydrogens is 200 g/mol. The average Bonchev–Trinajstić information content (AvgIpc) is 2.11. The van der Waals surface area contributed by atoms with Crippen LogP contribution < -0.4 is 0 Å². The zero-order valence-corrected chi connectivity index (χ0v) is 12.5. The number of aliphatic hydroxyl groups excluding tert-OH is 1. The second kappa shape index (κ2) is 5.85. The highest BCUT2D eigenvalue weighted by Crippen LogP contribution is 2.46. The zero-order valence-electron chi connectivity index (χ0n) is 11.5. The molecule has 0 aromatic rings. The largest absolute Gasteiger partial charge is 0.392 e. The van der Waals surface area contributed by atoms with Gasteiger partial charge in [-0.1, -0.05) is 52.8 Å².